The van der Waals surface area contributed by atoms with Crippen molar-refractivity contribution in [3.8, 4) is 11.5 Å². The maximum Gasteiger partial charge on any atom is 0.254 e. The molecule has 0 saturated heterocycles. The molecule has 28 heavy (non-hydrogen) atoms. The molecule has 0 bridgehead atoms. The van der Waals surface area contributed by atoms with Crippen LogP contribution in [0.3, 0.4) is 0 Å². The largest absolute Gasteiger partial charge is 0.497 e. The van der Waals surface area contributed by atoms with Gasteiger partial charge in [0.05, 0.1) is 19.4 Å². The number of benzene rings is 2. The molecule has 1 atom stereocenters. The van der Waals surface area contributed by atoms with Gasteiger partial charge in [0.2, 0.25) is 5.91 Å². The second-order valence-electron chi connectivity index (χ2n) is 7.02. The summed E-state index contributed by atoms with van der Waals surface area (Å²) in [5.41, 5.74) is 3.88. The van der Waals surface area contributed by atoms with Crippen LogP contribution >= 0.6 is 0 Å². The summed E-state index contributed by atoms with van der Waals surface area (Å²) in [6.07, 6.45) is 0.678. The van der Waals surface area contributed by atoms with Crippen molar-refractivity contribution in [1.82, 2.24) is 5.32 Å². The van der Waals surface area contributed by atoms with Crippen molar-refractivity contribution in [2.75, 3.05) is 25.2 Å². The zero-order chi connectivity index (χ0) is 20.3. The molecule has 0 fully saturated rings. The molecular weight excluding hydrogens is 356 g/mol. The first-order valence-electron chi connectivity index (χ1n) is 9.37. The van der Waals surface area contributed by atoms with Gasteiger partial charge in [0.15, 0.2) is 0 Å². The highest BCUT2D eigenvalue weighted by Gasteiger charge is 2.38. The highest BCUT2D eigenvalue weighted by Crippen LogP contribution is 2.39. The average molecular weight is 382 g/mol. The zero-order valence-electron chi connectivity index (χ0n) is 16.7. The zero-order valence-corrected chi connectivity index (χ0v) is 16.7. The van der Waals surface area contributed by atoms with Crippen LogP contribution in [-0.2, 0) is 9.59 Å². The molecule has 0 aliphatic carbocycles. The Morgan fingerprint density at radius 2 is 1.82 bits per heavy atom. The number of anilines is 1. The van der Waals surface area contributed by atoms with Gasteiger partial charge in [-0.2, -0.15) is 0 Å². The molecule has 0 aromatic heterocycles. The van der Waals surface area contributed by atoms with Crippen LogP contribution in [0.25, 0.3) is 0 Å². The average Bonchev–Trinajstić information content (AvgIpc) is 2.91. The van der Waals surface area contributed by atoms with Crippen molar-refractivity contribution in [2.45, 2.75) is 33.2 Å². The van der Waals surface area contributed by atoms with Crippen LogP contribution in [0.15, 0.2) is 36.4 Å². The van der Waals surface area contributed by atoms with Gasteiger partial charge < -0.3 is 19.7 Å². The number of fused-ring (bicyclic) bond motifs is 1. The lowest BCUT2D eigenvalue weighted by atomic mass is 10.0. The van der Waals surface area contributed by atoms with Gasteiger partial charge in [-0.05, 0) is 50.1 Å². The second-order valence-corrected chi connectivity index (χ2v) is 7.02. The van der Waals surface area contributed by atoms with Gasteiger partial charge in [0.25, 0.3) is 5.91 Å². The SMILES string of the molecule is COc1ccc(OCCCN2C(=O)[C@H](NC(C)=O)c3cc(C)cc(C)c32)cc1. The van der Waals surface area contributed by atoms with Crippen molar-refractivity contribution in [3.63, 3.8) is 0 Å². The third-order valence-corrected chi connectivity index (χ3v) is 4.77. The molecule has 1 aliphatic rings. The monoisotopic (exact) mass is 382 g/mol. The Labute approximate surface area is 165 Å². The van der Waals surface area contributed by atoms with Crippen LogP contribution in [-0.4, -0.2) is 32.1 Å². The Hall–Kier alpha value is -3.02. The van der Waals surface area contributed by atoms with Crippen LogP contribution in [0.4, 0.5) is 5.69 Å². The smallest absolute Gasteiger partial charge is 0.254 e. The number of hydrogen-bond donors (Lipinski definition) is 1. The van der Waals surface area contributed by atoms with E-state index in [-0.39, 0.29) is 11.8 Å². The molecule has 2 amide bonds. The Kier molecular flexibility index (Phi) is 5.87. The van der Waals surface area contributed by atoms with E-state index in [1.165, 1.54) is 6.92 Å². The van der Waals surface area contributed by atoms with Crippen molar-refractivity contribution < 1.29 is 19.1 Å². The van der Waals surface area contributed by atoms with Crippen molar-refractivity contribution in [2.24, 2.45) is 0 Å². The van der Waals surface area contributed by atoms with E-state index in [1.54, 1.807) is 12.0 Å². The second kappa shape index (κ2) is 8.33. The lowest BCUT2D eigenvalue weighted by Gasteiger charge is -2.20. The molecule has 1 heterocycles. The summed E-state index contributed by atoms with van der Waals surface area (Å²) in [7, 11) is 1.62. The Bertz CT molecular complexity index is 877. The number of carbonyl (C=O) groups excluding carboxylic acids is 2. The lowest BCUT2D eigenvalue weighted by Crippen LogP contribution is -2.37. The van der Waals surface area contributed by atoms with E-state index in [0.717, 1.165) is 33.9 Å². The predicted octanol–water partition coefficient (Wildman–Crippen LogP) is 3.30. The molecule has 3 rings (SSSR count). The third-order valence-electron chi connectivity index (χ3n) is 4.77. The van der Waals surface area contributed by atoms with E-state index in [4.69, 9.17) is 9.47 Å². The molecule has 6 nitrogen and oxygen atoms in total. The topological polar surface area (TPSA) is 67.9 Å². The molecule has 2 aromatic rings. The molecule has 1 N–H and O–H groups in total. The predicted molar refractivity (Wildman–Crippen MR) is 108 cm³/mol. The quantitative estimate of drug-likeness (QED) is 0.746. The number of rotatable bonds is 7. The highest BCUT2D eigenvalue weighted by atomic mass is 16.5. The summed E-state index contributed by atoms with van der Waals surface area (Å²) in [5.74, 6) is 1.23. The normalized spacial score (nSPS) is 15.4. The number of amides is 2. The van der Waals surface area contributed by atoms with Crippen LogP contribution in [0, 0.1) is 13.8 Å². The van der Waals surface area contributed by atoms with Crippen LogP contribution in [0.1, 0.15) is 36.1 Å². The van der Waals surface area contributed by atoms with Gasteiger partial charge in [-0.25, -0.2) is 0 Å². The van der Waals surface area contributed by atoms with Gasteiger partial charge in [0, 0.05) is 19.0 Å². The van der Waals surface area contributed by atoms with Gasteiger partial charge >= 0.3 is 0 Å². The third kappa shape index (κ3) is 4.11. The fourth-order valence-electron chi connectivity index (χ4n) is 3.63. The van der Waals surface area contributed by atoms with Gasteiger partial charge in [-0.3, -0.25) is 9.59 Å². The van der Waals surface area contributed by atoms with E-state index in [0.29, 0.717) is 19.6 Å². The molecule has 2 aromatic carbocycles. The number of carbonyl (C=O) groups is 2. The maximum absolute atomic E-state index is 13.0. The fourth-order valence-corrected chi connectivity index (χ4v) is 3.63. The van der Waals surface area contributed by atoms with Gasteiger partial charge in [-0.15, -0.1) is 0 Å². The number of methoxy groups -OCH3 is 1. The lowest BCUT2D eigenvalue weighted by molar-refractivity contribution is -0.126. The fraction of sp³-hybridized carbons (Fsp3) is 0.364. The molecule has 0 unspecified atom stereocenters. The highest BCUT2D eigenvalue weighted by molar-refractivity contribution is 6.06. The van der Waals surface area contributed by atoms with E-state index in [9.17, 15) is 9.59 Å². The summed E-state index contributed by atoms with van der Waals surface area (Å²) in [4.78, 5) is 26.3. The minimum absolute atomic E-state index is 0.0941. The van der Waals surface area contributed by atoms with Crippen molar-refractivity contribution in [3.05, 3.63) is 53.1 Å². The van der Waals surface area contributed by atoms with Crippen molar-refractivity contribution >= 4 is 17.5 Å². The number of ether oxygens (including phenoxy) is 2. The van der Waals surface area contributed by atoms with E-state index in [1.807, 2.05) is 44.2 Å². The first kappa shape index (κ1) is 19.7. The van der Waals surface area contributed by atoms with Crippen LogP contribution in [0.2, 0.25) is 0 Å². The summed E-state index contributed by atoms with van der Waals surface area (Å²) < 4.78 is 10.9. The Morgan fingerprint density at radius 3 is 2.46 bits per heavy atom. The molecule has 1 aliphatic heterocycles. The Morgan fingerprint density at radius 1 is 1.14 bits per heavy atom. The molecule has 148 valence electrons. The van der Waals surface area contributed by atoms with Gasteiger partial charge in [-0.1, -0.05) is 17.7 Å². The molecule has 0 saturated carbocycles. The Balaban J connectivity index is 1.68. The first-order valence-corrected chi connectivity index (χ1v) is 9.37. The minimum atomic E-state index is -0.617. The number of nitrogens with zero attached hydrogens (tertiary/aromatic N) is 1. The maximum atomic E-state index is 13.0. The summed E-state index contributed by atoms with van der Waals surface area (Å²) in [6.45, 7) is 6.44. The van der Waals surface area contributed by atoms with E-state index in [2.05, 4.69) is 11.4 Å². The molecule has 6 heteroatoms. The number of hydrogen-bond acceptors (Lipinski definition) is 4. The number of nitrogens with one attached hydrogen (secondary N) is 1. The van der Waals surface area contributed by atoms with Crippen molar-refractivity contribution in [1.29, 1.82) is 0 Å². The summed E-state index contributed by atoms with van der Waals surface area (Å²) in [5, 5.41) is 2.79. The van der Waals surface area contributed by atoms with Gasteiger partial charge in [0.1, 0.15) is 17.5 Å². The first-order chi connectivity index (χ1) is 13.4. The van der Waals surface area contributed by atoms with E-state index < -0.39 is 6.04 Å². The molecular formula is C22H26N2O4. The minimum Gasteiger partial charge on any atom is -0.497 e. The summed E-state index contributed by atoms with van der Waals surface area (Å²) >= 11 is 0. The number of aryl methyl sites for hydroxylation is 2. The standard InChI is InChI=1S/C22H26N2O4/c1-14-12-15(2)21-19(13-14)20(23-16(3)25)22(26)24(21)10-5-11-28-18-8-6-17(27-4)7-9-18/h6-9,12-13,20H,5,10-11H2,1-4H3,(H,23,25)/t20-/m1/s1. The van der Waals surface area contributed by atoms with Crippen LogP contribution in [0.5, 0.6) is 11.5 Å². The molecule has 0 radical (unpaired) electrons. The van der Waals surface area contributed by atoms with E-state index >= 15 is 0 Å². The molecule has 0 spiro atoms. The van der Waals surface area contributed by atoms with Crippen LogP contribution < -0.4 is 19.7 Å². The summed E-state index contributed by atoms with van der Waals surface area (Å²) in [6, 6.07) is 10.8.